The molecule has 0 bridgehead atoms. The molecule has 1 atom stereocenters. The van der Waals surface area contributed by atoms with Gasteiger partial charge in [0.2, 0.25) is 15.9 Å². The number of hydrogen-bond acceptors (Lipinski definition) is 6. The van der Waals surface area contributed by atoms with E-state index in [1.54, 1.807) is 30.3 Å². The van der Waals surface area contributed by atoms with E-state index in [4.69, 9.17) is 4.74 Å². The number of carbonyl (C=O) groups excluding carboxylic acids is 1. The van der Waals surface area contributed by atoms with Crippen molar-refractivity contribution in [2.45, 2.75) is 31.7 Å². The van der Waals surface area contributed by atoms with Gasteiger partial charge >= 0.3 is 0 Å². The average molecular weight is 532 g/mol. The van der Waals surface area contributed by atoms with Crippen LogP contribution in [0.25, 0.3) is 0 Å². The number of benzene rings is 3. The highest BCUT2D eigenvalue weighted by atomic mass is 32.2. The van der Waals surface area contributed by atoms with Crippen molar-refractivity contribution < 1.29 is 26.4 Å². The number of nitrogens with one attached hydrogen (secondary N) is 2. The van der Waals surface area contributed by atoms with Gasteiger partial charge in [-0.25, -0.2) is 16.8 Å². The van der Waals surface area contributed by atoms with Crippen molar-refractivity contribution >= 4 is 43.0 Å². The van der Waals surface area contributed by atoms with Crippen LogP contribution in [0.15, 0.2) is 71.6 Å². The summed E-state index contributed by atoms with van der Waals surface area (Å²) in [5.41, 5.74) is 2.92. The Morgan fingerprint density at radius 1 is 0.917 bits per heavy atom. The lowest BCUT2D eigenvalue weighted by atomic mass is 10.1. The number of nitrogens with zero attached hydrogens (tertiary/aromatic N) is 1. The summed E-state index contributed by atoms with van der Waals surface area (Å²) in [6, 6.07) is 16.2. The molecule has 3 aromatic rings. The third kappa shape index (κ3) is 6.35. The summed E-state index contributed by atoms with van der Waals surface area (Å²) >= 11 is 0. The van der Waals surface area contributed by atoms with E-state index in [1.165, 1.54) is 38.3 Å². The number of amides is 1. The minimum absolute atomic E-state index is 0.0181. The molecule has 0 aliphatic carbocycles. The topological polar surface area (TPSA) is 122 Å². The third-order valence-corrected chi connectivity index (χ3v) is 8.10. The van der Waals surface area contributed by atoms with E-state index in [-0.39, 0.29) is 4.90 Å². The molecule has 3 rings (SSSR count). The molecule has 0 aliphatic rings. The lowest BCUT2D eigenvalue weighted by Gasteiger charge is -2.28. The van der Waals surface area contributed by atoms with Gasteiger partial charge in [-0.15, -0.1) is 0 Å². The van der Waals surface area contributed by atoms with Crippen molar-refractivity contribution in [1.82, 2.24) is 0 Å². The standard InChI is InChI=1S/C25H29N3O6S2/c1-17-6-15-24(18(2)16-17)27-36(32,33)23-13-7-20(8-14-23)26-25(29)19(3)28(35(5,30)31)21-9-11-22(34-4)12-10-21/h6-16,19,27H,1-5H3,(H,26,29)/t19-/m1/s1. The summed E-state index contributed by atoms with van der Waals surface area (Å²) in [6.45, 7) is 5.20. The first kappa shape index (κ1) is 27.0. The van der Waals surface area contributed by atoms with Gasteiger partial charge in [-0.2, -0.15) is 0 Å². The van der Waals surface area contributed by atoms with Crippen molar-refractivity contribution in [2.24, 2.45) is 0 Å². The van der Waals surface area contributed by atoms with Gasteiger partial charge in [0.15, 0.2) is 0 Å². The number of sulfonamides is 2. The molecule has 0 heterocycles. The summed E-state index contributed by atoms with van der Waals surface area (Å²) in [6.07, 6.45) is 1.02. The molecule has 192 valence electrons. The summed E-state index contributed by atoms with van der Waals surface area (Å²) in [5, 5.41) is 2.65. The van der Waals surface area contributed by atoms with Gasteiger partial charge in [-0.05, 0) is 80.9 Å². The van der Waals surface area contributed by atoms with Gasteiger partial charge in [0.05, 0.1) is 29.6 Å². The van der Waals surface area contributed by atoms with Gasteiger partial charge in [-0.3, -0.25) is 13.8 Å². The minimum atomic E-state index is -3.85. The predicted octanol–water partition coefficient (Wildman–Crippen LogP) is 3.91. The van der Waals surface area contributed by atoms with Gasteiger partial charge in [0.1, 0.15) is 11.8 Å². The SMILES string of the molecule is COc1ccc(N([C@H](C)C(=O)Nc2ccc(S(=O)(=O)Nc3ccc(C)cc3C)cc2)S(C)(=O)=O)cc1. The van der Waals surface area contributed by atoms with Crippen LogP contribution >= 0.6 is 0 Å². The second kappa shape index (κ2) is 10.6. The molecule has 0 saturated carbocycles. The van der Waals surface area contributed by atoms with E-state index in [0.29, 0.717) is 22.8 Å². The molecule has 0 unspecified atom stereocenters. The Morgan fingerprint density at radius 2 is 1.53 bits per heavy atom. The molecular weight excluding hydrogens is 502 g/mol. The van der Waals surface area contributed by atoms with Gasteiger partial charge in [-0.1, -0.05) is 17.7 Å². The molecule has 0 radical (unpaired) electrons. The van der Waals surface area contributed by atoms with Gasteiger partial charge < -0.3 is 10.1 Å². The molecule has 1 amide bonds. The first-order valence-corrected chi connectivity index (χ1v) is 14.3. The van der Waals surface area contributed by atoms with E-state index in [9.17, 15) is 21.6 Å². The van der Waals surface area contributed by atoms with Crippen LogP contribution in [-0.2, 0) is 24.8 Å². The van der Waals surface area contributed by atoms with Crippen molar-refractivity contribution in [3.05, 3.63) is 77.9 Å². The Bertz CT molecular complexity index is 1450. The smallest absolute Gasteiger partial charge is 0.261 e. The average Bonchev–Trinajstić information content (AvgIpc) is 2.81. The predicted molar refractivity (Wildman–Crippen MR) is 142 cm³/mol. The van der Waals surface area contributed by atoms with Crippen LogP contribution in [0.3, 0.4) is 0 Å². The zero-order valence-corrected chi connectivity index (χ0v) is 22.3. The fourth-order valence-corrected chi connectivity index (χ4v) is 5.94. The summed E-state index contributed by atoms with van der Waals surface area (Å²) in [7, 11) is -6.14. The highest BCUT2D eigenvalue weighted by Gasteiger charge is 2.29. The lowest BCUT2D eigenvalue weighted by Crippen LogP contribution is -2.45. The maximum absolute atomic E-state index is 12.9. The molecular formula is C25H29N3O6S2. The van der Waals surface area contributed by atoms with E-state index in [1.807, 2.05) is 26.0 Å². The zero-order chi connectivity index (χ0) is 26.7. The highest BCUT2D eigenvalue weighted by Crippen LogP contribution is 2.25. The van der Waals surface area contributed by atoms with Gasteiger partial charge in [0, 0.05) is 5.69 Å². The molecule has 9 nitrogen and oxygen atoms in total. The second-order valence-electron chi connectivity index (χ2n) is 8.37. The maximum atomic E-state index is 12.9. The quantitative estimate of drug-likeness (QED) is 0.432. The van der Waals surface area contributed by atoms with E-state index < -0.39 is 32.0 Å². The fraction of sp³-hybridized carbons (Fsp3) is 0.240. The first-order valence-electron chi connectivity index (χ1n) is 11.0. The number of hydrogen-bond donors (Lipinski definition) is 2. The van der Waals surface area contributed by atoms with E-state index in [2.05, 4.69) is 10.0 Å². The molecule has 11 heteroatoms. The molecule has 36 heavy (non-hydrogen) atoms. The van der Waals surface area contributed by atoms with Crippen LogP contribution in [-0.4, -0.2) is 42.2 Å². The van der Waals surface area contributed by atoms with E-state index in [0.717, 1.165) is 21.7 Å². The Kier molecular flexibility index (Phi) is 7.95. The van der Waals surface area contributed by atoms with Crippen molar-refractivity contribution in [1.29, 1.82) is 0 Å². The second-order valence-corrected chi connectivity index (χ2v) is 11.9. The number of methoxy groups -OCH3 is 1. The Morgan fingerprint density at radius 3 is 2.06 bits per heavy atom. The summed E-state index contributed by atoms with van der Waals surface area (Å²) in [5.74, 6) is -0.0355. The van der Waals surface area contributed by atoms with Crippen LogP contribution < -0.4 is 19.1 Å². The molecule has 2 N–H and O–H groups in total. The molecule has 0 aromatic heterocycles. The van der Waals surface area contributed by atoms with Crippen LogP contribution in [0.5, 0.6) is 5.75 Å². The molecule has 0 saturated heterocycles. The molecule has 0 spiro atoms. The number of ether oxygens (including phenoxy) is 1. The summed E-state index contributed by atoms with van der Waals surface area (Å²) < 4.78 is 59.2. The highest BCUT2D eigenvalue weighted by molar-refractivity contribution is 7.92. The Labute approximate surface area is 212 Å². The van der Waals surface area contributed by atoms with E-state index >= 15 is 0 Å². The monoisotopic (exact) mass is 531 g/mol. The van der Waals surface area contributed by atoms with Crippen LogP contribution in [0.4, 0.5) is 17.1 Å². The largest absolute Gasteiger partial charge is 0.497 e. The maximum Gasteiger partial charge on any atom is 0.261 e. The number of carbonyl (C=O) groups is 1. The summed E-state index contributed by atoms with van der Waals surface area (Å²) in [4.78, 5) is 12.9. The molecule has 0 aliphatic heterocycles. The third-order valence-electron chi connectivity index (χ3n) is 5.47. The Hall–Kier alpha value is -3.57. The number of aryl methyl sites for hydroxylation is 2. The van der Waals surface area contributed by atoms with Crippen LogP contribution in [0.1, 0.15) is 18.1 Å². The number of anilines is 3. The Balaban J connectivity index is 1.76. The first-order chi connectivity index (χ1) is 16.8. The van der Waals surface area contributed by atoms with Crippen LogP contribution in [0.2, 0.25) is 0 Å². The minimum Gasteiger partial charge on any atom is -0.497 e. The van der Waals surface area contributed by atoms with Gasteiger partial charge in [0.25, 0.3) is 10.0 Å². The number of rotatable bonds is 9. The molecule has 0 fully saturated rings. The zero-order valence-electron chi connectivity index (χ0n) is 20.6. The fourth-order valence-electron chi connectivity index (χ4n) is 3.63. The van der Waals surface area contributed by atoms with Crippen molar-refractivity contribution in [3.63, 3.8) is 0 Å². The van der Waals surface area contributed by atoms with Crippen molar-refractivity contribution in [2.75, 3.05) is 27.7 Å². The lowest BCUT2D eigenvalue weighted by molar-refractivity contribution is -0.116. The normalized spacial score (nSPS) is 12.5. The van der Waals surface area contributed by atoms with Crippen LogP contribution in [0, 0.1) is 13.8 Å². The van der Waals surface area contributed by atoms with Crippen molar-refractivity contribution in [3.8, 4) is 5.75 Å². The molecule has 3 aromatic carbocycles.